The van der Waals surface area contributed by atoms with Crippen LogP contribution in [0, 0.1) is 0 Å². The van der Waals surface area contributed by atoms with Gasteiger partial charge in [-0.15, -0.1) is 0 Å². The van der Waals surface area contributed by atoms with Crippen molar-refractivity contribution in [2.45, 2.75) is 58.0 Å². The fourth-order valence-electron chi connectivity index (χ4n) is 4.84. The predicted octanol–water partition coefficient (Wildman–Crippen LogP) is 4.71. The Labute approximate surface area is 190 Å². The average Bonchev–Trinajstić information content (AvgIpc) is 3.33. The molecule has 2 amide bonds. The zero-order chi connectivity index (χ0) is 22.5. The number of carbonyl (C=O) groups is 2. The van der Waals surface area contributed by atoms with E-state index < -0.39 is 0 Å². The number of amides is 2. The minimum atomic E-state index is -0.157. The molecule has 2 fully saturated rings. The molecule has 1 N–H and O–H groups in total. The van der Waals surface area contributed by atoms with Gasteiger partial charge in [-0.1, -0.05) is 12.1 Å². The molecule has 4 rings (SSSR count). The number of likely N-dealkylation sites (tertiary alicyclic amines) is 1. The van der Waals surface area contributed by atoms with E-state index in [0.29, 0.717) is 11.3 Å². The van der Waals surface area contributed by atoms with Crippen molar-refractivity contribution >= 4 is 23.2 Å². The van der Waals surface area contributed by atoms with Crippen molar-refractivity contribution in [2.75, 3.05) is 29.9 Å². The first-order valence-corrected chi connectivity index (χ1v) is 11.7. The van der Waals surface area contributed by atoms with E-state index in [4.69, 9.17) is 4.74 Å². The van der Waals surface area contributed by atoms with E-state index in [-0.39, 0.29) is 30.5 Å². The SMILES string of the molecule is CC1CCCC(C)N1C(=O)COc1ccc(C(=O)Nc2ccccc2N2CCCC2)cc1. The first-order chi connectivity index (χ1) is 15.5. The number of nitrogens with one attached hydrogen (secondary N) is 1. The van der Waals surface area contributed by atoms with E-state index in [1.807, 2.05) is 23.1 Å². The Hall–Kier alpha value is -3.02. The van der Waals surface area contributed by atoms with Crippen molar-refractivity contribution in [1.82, 2.24) is 4.90 Å². The Kier molecular flexibility index (Phi) is 6.98. The van der Waals surface area contributed by atoms with Crippen LogP contribution in [0.2, 0.25) is 0 Å². The van der Waals surface area contributed by atoms with Gasteiger partial charge in [0.2, 0.25) is 0 Å². The molecule has 32 heavy (non-hydrogen) atoms. The molecule has 0 radical (unpaired) electrons. The molecule has 2 aliphatic heterocycles. The fourth-order valence-corrected chi connectivity index (χ4v) is 4.84. The molecule has 0 aliphatic carbocycles. The summed E-state index contributed by atoms with van der Waals surface area (Å²) in [5.41, 5.74) is 2.45. The van der Waals surface area contributed by atoms with E-state index in [1.165, 1.54) is 19.3 Å². The second-order valence-corrected chi connectivity index (χ2v) is 8.91. The average molecular weight is 436 g/mol. The monoisotopic (exact) mass is 435 g/mol. The lowest BCUT2D eigenvalue weighted by molar-refractivity contribution is -0.139. The van der Waals surface area contributed by atoms with Gasteiger partial charge in [-0.25, -0.2) is 0 Å². The third-order valence-corrected chi connectivity index (χ3v) is 6.56. The van der Waals surface area contributed by atoms with E-state index in [9.17, 15) is 9.59 Å². The van der Waals surface area contributed by atoms with Crippen LogP contribution < -0.4 is 15.0 Å². The van der Waals surface area contributed by atoms with Gasteiger partial charge < -0.3 is 19.9 Å². The highest BCUT2D eigenvalue weighted by Gasteiger charge is 2.29. The van der Waals surface area contributed by atoms with E-state index in [1.54, 1.807) is 24.3 Å². The van der Waals surface area contributed by atoms with Gasteiger partial charge in [-0.05, 0) is 82.3 Å². The Morgan fingerprint density at radius 3 is 2.28 bits per heavy atom. The smallest absolute Gasteiger partial charge is 0.260 e. The highest BCUT2D eigenvalue weighted by Crippen LogP contribution is 2.29. The van der Waals surface area contributed by atoms with Crippen LogP contribution in [0.4, 0.5) is 11.4 Å². The summed E-state index contributed by atoms with van der Waals surface area (Å²) in [5.74, 6) is 0.449. The summed E-state index contributed by atoms with van der Waals surface area (Å²) in [6, 6.07) is 15.4. The molecule has 6 heteroatoms. The number of piperidine rings is 1. The molecule has 2 aromatic rings. The molecule has 170 valence electrons. The number of anilines is 2. The minimum Gasteiger partial charge on any atom is -0.484 e. The molecule has 0 saturated carbocycles. The summed E-state index contributed by atoms with van der Waals surface area (Å²) < 4.78 is 5.73. The van der Waals surface area contributed by atoms with Crippen LogP contribution in [0.3, 0.4) is 0 Å². The van der Waals surface area contributed by atoms with Crippen molar-refractivity contribution < 1.29 is 14.3 Å². The largest absolute Gasteiger partial charge is 0.484 e. The zero-order valence-electron chi connectivity index (χ0n) is 19.0. The molecule has 2 aliphatic rings. The third kappa shape index (κ3) is 5.06. The second kappa shape index (κ2) is 10.1. The molecule has 2 atom stereocenters. The van der Waals surface area contributed by atoms with Crippen LogP contribution in [-0.4, -0.2) is 48.5 Å². The van der Waals surface area contributed by atoms with Gasteiger partial charge in [0, 0.05) is 30.7 Å². The predicted molar refractivity (Wildman–Crippen MR) is 127 cm³/mol. The molecule has 6 nitrogen and oxygen atoms in total. The van der Waals surface area contributed by atoms with Gasteiger partial charge in [0.05, 0.1) is 11.4 Å². The first kappa shape index (κ1) is 22.2. The Balaban J connectivity index is 1.35. The Morgan fingerprint density at radius 1 is 0.938 bits per heavy atom. The second-order valence-electron chi connectivity index (χ2n) is 8.91. The molecular weight excluding hydrogens is 402 g/mol. The summed E-state index contributed by atoms with van der Waals surface area (Å²) in [6.07, 6.45) is 5.62. The molecule has 0 spiro atoms. The summed E-state index contributed by atoms with van der Waals surface area (Å²) in [4.78, 5) is 29.7. The van der Waals surface area contributed by atoms with Crippen LogP contribution in [-0.2, 0) is 4.79 Å². The number of para-hydroxylation sites is 2. The summed E-state index contributed by atoms with van der Waals surface area (Å²) in [5, 5.41) is 3.04. The van der Waals surface area contributed by atoms with E-state index in [2.05, 4.69) is 30.1 Å². The van der Waals surface area contributed by atoms with Gasteiger partial charge in [0.15, 0.2) is 6.61 Å². The van der Waals surface area contributed by atoms with E-state index in [0.717, 1.165) is 37.3 Å². The number of carbonyl (C=O) groups excluding carboxylic acids is 2. The normalized spacial score (nSPS) is 20.8. The summed E-state index contributed by atoms with van der Waals surface area (Å²) in [7, 11) is 0. The maximum atomic E-state index is 12.8. The third-order valence-electron chi connectivity index (χ3n) is 6.56. The molecule has 0 aromatic heterocycles. The highest BCUT2D eigenvalue weighted by atomic mass is 16.5. The lowest BCUT2D eigenvalue weighted by atomic mass is 9.97. The Morgan fingerprint density at radius 2 is 1.59 bits per heavy atom. The molecule has 2 heterocycles. The van der Waals surface area contributed by atoms with Crippen LogP contribution in [0.15, 0.2) is 48.5 Å². The number of rotatable bonds is 6. The fraction of sp³-hybridized carbons (Fsp3) is 0.462. The molecule has 0 bridgehead atoms. The maximum absolute atomic E-state index is 12.8. The topological polar surface area (TPSA) is 61.9 Å². The van der Waals surface area contributed by atoms with Gasteiger partial charge in [-0.2, -0.15) is 0 Å². The first-order valence-electron chi connectivity index (χ1n) is 11.7. The lowest BCUT2D eigenvalue weighted by Gasteiger charge is -2.38. The van der Waals surface area contributed by atoms with Crippen LogP contribution in [0.5, 0.6) is 5.75 Å². The Bertz CT molecular complexity index is 928. The van der Waals surface area contributed by atoms with Crippen molar-refractivity contribution in [2.24, 2.45) is 0 Å². The number of nitrogens with zero attached hydrogens (tertiary/aromatic N) is 2. The van der Waals surface area contributed by atoms with Crippen molar-refractivity contribution in [1.29, 1.82) is 0 Å². The van der Waals surface area contributed by atoms with Gasteiger partial charge in [0.1, 0.15) is 5.75 Å². The van der Waals surface area contributed by atoms with Gasteiger partial charge in [-0.3, -0.25) is 9.59 Å². The quantitative estimate of drug-likeness (QED) is 0.714. The molecule has 2 aromatic carbocycles. The van der Waals surface area contributed by atoms with E-state index >= 15 is 0 Å². The van der Waals surface area contributed by atoms with Crippen molar-refractivity contribution in [3.05, 3.63) is 54.1 Å². The summed E-state index contributed by atoms with van der Waals surface area (Å²) >= 11 is 0. The van der Waals surface area contributed by atoms with Crippen molar-refractivity contribution in [3.63, 3.8) is 0 Å². The van der Waals surface area contributed by atoms with Gasteiger partial charge >= 0.3 is 0 Å². The minimum absolute atomic E-state index is 0.0173. The number of hydrogen-bond donors (Lipinski definition) is 1. The molecular formula is C26H33N3O3. The molecule has 2 saturated heterocycles. The lowest BCUT2D eigenvalue weighted by Crippen LogP contribution is -2.49. The van der Waals surface area contributed by atoms with Crippen LogP contribution in [0.25, 0.3) is 0 Å². The number of benzene rings is 2. The van der Waals surface area contributed by atoms with Gasteiger partial charge in [0.25, 0.3) is 11.8 Å². The number of ether oxygens (including phenoxy) is 1. The maximum Gasteiger partial charge on any atom is 0.260 e. The standard InChI is InChI=1S/C26H33N3O3/c1-19-8-7-9-20(2)29(19)25(30)18-32-22-14-12-21(13-15-22)26(31)27-23-10-3-4-11-24(23)28-16-5-6-17-28/h3-4,10-15,19-20H,5-9,16-18H2,1-2H3,(H,27,31). The van der Waals surface area contributed by atoms with Crippen LogP contribution >= 0.6 is 0 Å². The van der Waals surface area contributed by atoms with Crippen LogP contribution in [0.1, 0.15) is 56.3 Å². The summed E-state index contributed by atoms with van der Waals surface area (Å²) in [6.45, 7) is 6.26. The van der Waals surface area contributed by atoms with Crippen molar-refractivity contribution in [3.8, 4) is 5.75 Å². The number of hydrogen-bond acceptors (Lipinski definition) is 4. The highest BCUT2D eigenvalue weighted by molar-refractivity contribution is 6.06. The zero-order valence-corrected chi connectivity index (χ0v) is 19.0. The molecule has 2 unspecified atom stereocenters.